The van der Waals surface area contributed by atoms with E-state index in [4.69, 9.17) is 0 Å². The summed E-state index contributed by atoms with van der Waals surface area (Å²) in [5.41, 5.74) is 4.79. The van der Waals surface area contributed by atoms with Crippen LogP contribution in [0, 0.1) is 6.92 Å². The van der Waals surface area contributed by atoms with Gasteiger partial charge in [-0.1, -0.05) is 36.4 Å². The first-order valence-electron chi connectivity index (χ1n) is 5.50. The van der Waals surface area contributed by atoms with E-state index in [0.717, 1.165) is 28.5 Å². The number of hydrogen-bond donors (Lipinski definition) is 1. The van der Waals surface area contributed by atoms with Crippen LogP contribution in [0.1, 0.15) is 21.5 Å². The molecule has 0 aromatic heterocycles. The van der Waals surface area contributed by atoms with Crippen LogP contribution in [0.15, 0.2) is 42.5 Å². The Bertz CT molecular complexity index is 527. The lowest BCUT2D eigenvalue weighted by molar-refractivity contribution is 0.112. The van der Waals surface area contributed by atoms with Gasteiger partial charge in [-0.2, -0.15) is 0 Å². The first kappa shape index (κ1) is 11.6. The smallest absolute Gasteiger partial charge is 0.150 e. The van der Waals surface area contributed by atoms with Crippen molar-refractivity contribution in [3.63, 3.8) is 0 Å². The average molecular weight is 226 g/mol. The van der Waals surface area contributed by atoms with Gasteiger partial charge in [-0.3, -0.25) is 4.79 Å². The largest absolute Gasteiger partial charge is 0.392 e. The molecule has 0 saturated heterocycles. The molecule has 0 fully saturated rings. The summed E-state index contributed by atoms with van der Waals surface area (Å²) >= 11 is 0. The maximum absolute atomic E-state index is 10.6. The van der Waals surface area contributed by atoms with Crippen molar-refractivity contribution in [1.82, 2.24) is 0 Å². The third-order valence-electron chi connectivity index (χ3n) is 2.90. The molecular formula is C15H14O2. The number of aliphatic hydroxyl groups excluding tert-OH is 1. The molecule has 2 heteroatoms. The van der Waals surface area contributed by atoms with E-state index in [1.807, 2.05) is 37.3 Å². The number of rotatable bonds is 3. The zero-order chi connectivity index (χ0) is 12.3. The zero-order valence-electron chi connectivity index (χ0n) is 9.68. The number of aldehydes is 1. The summed E-state index contributed by atoms with van der Waals surface area (Å²) in [6.45, 7) is 2.02. The first-order chi connectivity index (χ1) is 8.24. The van der Waals surface area contributed by atoms with Crippen molar-refractivity contribution in [3.8, 4) is 11.1 Å². The molecule has 0 saturated carbocycles. The van der Waals surface area contributed by atoms with Crippen LogP contribution in [0.2, 0.25) is 0 Å². The molecule has 0 spiro atoms. The highest BCUT2D eigenvalue weighted by molar-refractivity contribution is 5.77. The minimum atomic E-state index is 0.0477. The van der Waals surface area contributed by atoms with E-state index in [2.05, 4.69) is 0 Å². The van der Waals surface area contributed by atoms with E-state index >= 15 is 0 Å². The van der Waals surface area contributed by atoms with Crippen molar-refractivity contribution in [1.29, 1.82) is 0 Å². The van der Waals surface area contributed by atoms with E-state index in [-0.39, 0.29) is 6.61 Å². The molecule has 0 aliphatic carbocycles. The van der Waals surface area contributed by atoms with Crippen molar-refractivity contribution in [3.05, 3.63) is 59.2 Å². The molecule has 0 aliphatic rings. The SMILES string of the molecule is Cc1ccc(-c2ccc(C=O)cc2)cc1CO. The summed E-state index contributed by atoms with van der Waals surface area (Å²) in [6, 6.07) is 13.4. The van der Waals surface area contributed by atoms with Gasteiger partial charge in [0, 0.05) is 5.56 Å². The fraction of sp³-hybridized carbons (Fsp3) is 0.133. The summed E-state index contributed by atoms with van der Waals surface area (Å²) < 4.78 is 0. The number of hydrogen-bond acceptors (Lipinski definition) is 2. The molecule has 0 unspecified atom stereocenters. The fourth-order valence-corrected chi connectivity index (χ4v) is 1.78. The topological polar surface area (TPSA) is 37.3 Å². The molecule has 2 rings (SSSR count). The molecular weight excluding hydrogens is 212 g/mol. The highest BCUT2D eigenvalue weighted by Crippen LogP contribution is 2.22. The predicted octanol–water partition coefficient (Wildman–Crippen LogP) is 2.97. The van der Waals surface area contributed by atoms with Crippen molar-refractivity contribution < 1.29 is 9.90 Å². The van der Waals surface area contributed by atoms with Gasteiger partial charge in [-0.05, 0) is 35.2 Å². The number of carbonyl (C=O) groups excluding carboxylic acids is 1. The Morgan fingerprint density at radius 2 is 1.71 bits per heavy atom. The summed E-state index contributed by atoms with van der Waals surface area (Å²) in [5, 5.41) is 9.23. The van der Waals surface area contributed by atoms with Crippen LogP contribution in [0.4, 0.5) is 0 Å². The Morgan fingerprint density at radius 1 is 1.06 bits per heavy atom. The van der Waals surface area contributed by atoms with Crippen LogP contribution in [0.5, 0.6) is 0 Å². The predicted molar refractivity (Wildman–Crippen MR) is 67.9 cm³/mol. The van der Waals surface area contributed by atoms with Crippen LogP contribution >= 0.6 is 0 Å². The molecule has 2 nitrogen and oxygen atoms in total. The van der Waals surface area contributed by atoms with E-state index < -0.39 is 0 Å². The van der Waals surface area contributed by atoms with E-state index in [9.17, 15) is 9.90 Å². The standard InChI is InChI=1S/C15H14O2/c1-11-2-5-14(8-15(11)10-17)13-6-3-12(9-16)4-7-13/h2-9,17H,10H2,1H3. The highest BCUT2D eigenvalue weighted by atomic mass is 16.3. The van der Waals surface area contributed by atoms with Gasteiger partial charge in [0.2, 0.25) is 0 Å². The van der Waals surface area contributed by atoms with Crippen LogP contribution in [-0.2, 0) is 6.61 Å². The van der Waals surface area contributed by atoms with Gasteiger partial charge >= 0.3 is 0 Å². The minimum absolute atomic E-state index is 0.0477. The van der Waals surface area contributed by atoms with Gasteiger partial charge < -0.3 is 5.11 Å². The Balaban J connectivity index is 2.41. The Kier molecular flexibility index (Phi) is 3.35. The zero-order valence-corrected chi connectivity index (χ0v) is 9.68. The van der Waals surface area contributed by atoms with Crippen molar-refractivity contribution >= 4 is 6.29 Å². The molecule has 2 aromatic rings. The van der Waals surface area contributed by atoms with Crippen molar-refractivity contribution in [2.75, 3.05) is 0 Å². The summed E-state index contributed by atoms with van der Waals surface area (Å²) in [6.07, 6.45) is 0.831. The first-order valence-corrected chi connectivity index (χ1v) is 5.50. The molecule has 0 heterocycles. The second kappa shape index (κ2) is 4.93. The van der Waals surface area contributed by atoms with Crippen LogP contribution in [0.3, 0.4) is 0 Å². The van der Waals surface area contributed by atoms with Gasteiger partial charge in [0.15, 0.2) is 0 Å². The van der Waals surface area contributed by atoms with Crippen LogP contribution in [0.25, 0.3) is 11.1 Å². The van der Waals surface area contributed by atoms with Crippen molar-refractivity contribution in [2.45, 2.75) is 13.5 Å². The number of aliphatic hydroxyl groups is 1. The molecule has 0 bridgehead atoms. The van der Waals surface area contributed by atoms with Gasteiger partial charge in [0.1, 0.15) is 6.29 Å². The second-order valence-corrected chi connectivity index (χ2v) is 4.04. The monoisotopic (exact) mass is 226 g/mol. The lowest BCUT2D eigenvalue weighted by Gasteiger charge is -2.07. The maximum atomic E-state index is 10.6. The molecule has 0 amide bonds. The fourth-order valence-electron chi connectivity index (χ4n) is 1.78. The third kappa shape index (κ3) is 2.43. The second-order valence-electron chi connectivity index (χ2n) is 4.04. The van der Waals surface area contributed by atoms with E-state index in [0.29, 0.717) is 5.56 Å². The van der Waals surface area contributed by atoms with Gasteiger partial charge in [-0.15, -0.1) is 0 Å². The lowest BCUT2D eigenvalue weighted by atomic mass is 9.99. The Hall–Kier alpha value is -1.93. The maximum Gasteiger partial charge on any atom is 0.150 e. The lowest BCUT2D eigenvalue weighted by Crippen LogP contribution is -1.89. The van der Waals surface area contributed by atoms with Gasteiger partial charge in [-0.25, -0.2) is 0 Å². The summed E-state index contributed by atoms with van der Waals surface area (Å²) in [5.74, 6) is 0. The normalized spacial score (nSPS) is 10.2. The molecule has 0 atom stereocenters. The highest BCUT2D eigenvalue weighted by Gasteiger charge is 2.02. The Labute approximate surface area is 101 Å². The summed E-state index contributed by atoms with van der Waals surface area (Å²) in [4.78, 5) is 10.6. The molecule has 86 valence electrons. The van der Waals surface area contributed by atoms with Gasteiger partial charge in [0.05, 0.1) is 6.61 Å². The molecule has 17 heavy (non-hydrogen) atoms. The summed E-state index contributed by atoms with van der Waals surface area (Å²) in [7, 11) is 0. The average Bonchev–Trinajstić information content (AvgIpc) is 2.39. The molecule has 1 N–H and O–H groups in total. The van der Waals surface area contributed by atoms with Crippen molar-refractivity contribution in [2.24, 2.45) is 0 Å². The Morgan fingerprint density at radius 3 is 2.29 bits per heavy atom. The molecule has 0 aliphatic heterocycles. The molecule has 2 aromatic carbocycles. The van der Waals surface area contributed by atoms with Crippen LogP contribution < -0.4 is 0 Å². The van der Waals surface area contributed by atoms with Gasteiger partial charge in [0.25, 0.3) is 0 Å². The number of benzene rings is 2. The van der Waals surface area contributed by atoms with E-state index in [1.165, 1.54) is 0 Å². The van der Waals surface area contributed by atoms with E-state index in [1.54, 1.807) is 12.1 Å². The van der Waals surface area contributed by atoms with Crippen LogP contribution in [-0.4, -0.2) is 11.4 Å². The minimum Gasteiger partial charge on any atom is -0.392 e. The molecule has 0 radical (unpaired) electrons. The number of carbonyl (C=O) groups is 1. The third-order valence-corrected chi connectivity index (χ3v) is 2.90. The quantitative estimate of drug-likeness (QED) is 0.817. The number of aryl methyl sites for hydroxylation is 1.